The minimum Gasteiger partial charge on any atom is -0.368 e. The van der Waals surface area contributed by atoms with Gasteiger partial charge in [0.2, 0.25) is 17.8 Å². The SMILES string of the molecule is CCN(CC)c1nc(N)nc(Nc2ccc(F)c(C)c2)n1. The summed E-state index contributed by atoms with van der Waals surface area (Å²) >= 11 is 0. The molecule has 7 heteroatoms. The van der Waals surface area contributed by atoms with Gasteiger partial charge in [0.1, 0.15) is 5.82 Å². The maximum atomic E-state index is 13.3. The van der Waals surface area contributed by atoms with E-state index in [0.29, 0.717) is 23.1 Å². The quantitative estimate of drug-likeness (QED) is 0.880. The summed E-state index contributed by atoms with van der Waals surface area (Å²) in [6, 6.07) is 4.71. The van der Waals surface area contributed by atoms with Crippen LogP contribution in [-0.2, 0) is 0 Å². The Bertz CT molecular complexity index is 627. The third-order valence-electron chi connectivity index (χ3n) is 3.10. The third-order valence-corrected chi connectivity index (χ3v) is 3.10. The van der Waals surface area contributed by atoms with Crippen molar-refractivity contribution >= 4 is 23.5 Å². The summed E-state index contributed by atoms with van der Waals surface area (Å²) in [4.78, 5) is 14.5. The summed E-state index contributed by atoms with van der Waals surface area (Å²) in [6.45, 7) is 7.27. The highest BCUT2D eigenvalue weighted by Crippen LogP contribution is 2.19. The van der Waals surface area contributed by atoms with Crippen molar-refractivity contribution in [3.63, 3.8) is 0 Å². The van der Waals surface area contributed by atoms with Gasteiger partial charge >= 0.3 is 0 Å². The average Bonchev–Trinajstić information content (AvgIpc) is 2.44. The van der Waals surface area contributed by atoms with E-state index in [0.717, 1.165) is 13.1 Å². The van der Waals surface area contributed by atoms with Gasteiger partial charge in [-0.15, -0.1) is 0 Å². The van der Waals surface area contributed by atoms with Gasteiger partial charge < -0.3 is 16.0 Å². The number of rotatable bonds is 5. The fourth-order valence-corrected chi connectivity index (χ4v) is 1.94. The molecule has 0 aliphatic carbocycles. The van der Waals surface area contributed by atoms with E-state index >= 15 is 0 Å². The topological polar surface area (TPSA) is 80.0 Å². The van der Waals surface area contributed by atoms with Crippen LogP contribution in [0.4, 0.5) is 27.9 Å². The van der Waals surface area contributed by atoms with Crippen LogP contribution in [0.1, 0.15) is 19.4 Å². The van der Waals surface area contributed by atoms with Crippen molar-refractivity contribution in [3.8, 4) is 0 Å². The van der Waals surface area contributed by atoms with Crippen molar-refractivity contribution in [3.05, 3.63) is 29.6 Å². The zero-order valence-electron chi connectivity index (χ0n) is 12.4. The zero-order valence-corrected chi connectivity index (χ0v) is 12.4. The first-order valence-corrected chi connectivity index (χ1v) is 6.83. The van der Waals surface area contributed by atoms with E-state index in [1.807, 2.05) is 18.7 Å². The zero-order chi connectivity index (χ0) is 15.4. The molecule has 0 radical (unpaired) electrons. The van der Waals surface area contributed by atoms with E-state index in [9.17, 15) is 4.39 Å². The molecule has 0 saturated carbocycles. The van der Waals surface area contributed by atoms with Crippen LogP contribution < -0.4 is 16.0 Å². The van der Waals surface area contributed by atoms with E-state index in [2.05, 4.69) is 20.3 Å². The molecule has 2 rings (SSSR count). The van der Waals surface area contributed by atoms with Crippen LogP contribution in [-0.4, -0.2) is 28.0 Å². The van der Waals surface area contributed by atoms with Crippen molar-refractivity contribution in [2.24, 2.45) is 0 Å². The molecule has 0 aliphatic rings. The van der Waals surface area contributed by atoms with Gasteiger partial charge in [0, 0.05) is 18.8 Å². The summed E-state index contributed by atoms with van der Waals surface area (Å²) in [5, 5.41) is 3.02. The number of nitrogens with one attached hydrogen (secondary N) is 1. The second-order valence-corrected chi connectivity index (χ2v) is 4.58. The number of hydrogen-bond donors (Lipinski definition) is 2. The van der Waals surface area contributed by atoms with Gasteiger partial charge in [-0.1, -0.05) is 0 Å². The van der Waals surface area contributed by atoms with Crippen molar-refractivity contribution in [1.29, 1.82) is 0 Å². The molecule has 21 heavy (non-hydrogen) atoms. The Balaban J connectivity index is 2.29. The van der Waals surface area contributed by atoms with E-state index in [-0.39, 0.29) is 11.8 Å². The monoisotopic (exact) mass is 290 g/mol. The van der Waals surface area contributed by atoms with Crippen molar-refractivity contribution in [2.75, 3.05) is 29.0 Å². The molecule has 0 unspecified atom stereocenters. The highest BCUT2D eigenvalue weighted by atomic mass is 19.1. The Labute approximate surface area is 123 Å². The molecule has 1 aromatic carbocycles. The number of aromatic nitrogens is 3. The van der Waals surface area contributed by atoms with Gasteiger partial charge in [-0.2, -0.15) is 15.0 Å². The van der Waals surface area contributed by atoms with Crippen LogP contribution in [0.2, 0.25) is 0 Å². The molecule has 1 aromatic heterocycles. The van der Waals surface area contributed by atoms with Gasteiger partial charge in [-0.05, 0) is 44.5 Å². The lowest BCUT2D eigenvalue weighted by molar-refractivity contribution is 0.619. The van der Waals surface area contributed by atoms with Crippen molar-refractivity contribution in [1.82, 2.24) is 15.0 Å². The number of halogens is 1. The van der Waals surface area contributed by atoms with Gasteiger partial charge in [0.05, 0.1) is 0 Å². The summed E-state index contributed by atoms with van der Waals surface area (Å²) in [5.41, 5.74) is 6.97. The molecule has 2 aromatic rings. The van der Waals surface area contributed by atoms with Gasteiger partial charge in [0.15, 0.2) is 0 Å². The Kier molecular flexibility index (Phi) is 4.52. The van der Waals surface area contributed by atoms with Crippen molar-refractivity contribution < 1.29 is 4.39 Å². The number of aryl methyl sites for hydroxylation is 1. The Morgan fingerprint density at radius 1 is 1.19 bits per heavy atom. The first-order valence-electron chi connectivity index (χ1n) is 6.83. The van der Waals surface area contributed by atoms with Gasteiger partial charge in [-0.3, -0.25) is 0 Å². The lowest BCUT2D eigenvalue weighted by atomic mass is 10.2. The number of anilines is 4. The lowest BCUT2D eigenvalue weighted by Gasteiger charge is -2.19. The molecular weight excluding hydrogens is 271 g/mol. The molecule has 112 valence electrons. The second kappa shape index (κ2) is 6.34. The normalized spacial score (nSPS) is 10.5. The number of nitrogens with two attached hydrogens (primary N) is 1. The number of nitrogens with zero attached hydrogens (tertiary/aromatic N) is 4. The Morgan fingerprint density at radius 3 is 2.52 bits per heavy atom. The predicted molar refractivity (Wildman–Crippen MR) is 82.2 cm³/mol. The van der Waals surface area contributed by atoms with E-state index in [4.69, 9.17) is 5.73 Å². The highest BCUT2D eigenvalue weighted by Gasteiger charge is 2.10. The molecule has 1 heterocycles. The minimum atomic E-state index is -0.250. The second-order valence-electron chi connectivity index (χ2n) is 4.58. The van der Waals surface area contributed by atoms with Gasteiger partial charge in [-0.25, -0.2) is 4.39 Å². The predicted octanol–water partition coefficient (Wildman–Crippen LogP) is 2.49. The summed E-state index contributed by atoms with van der Waals surface area (Å²) < 4.78 is 13.3. The molecule has 0 bridgehead atoms. The van der Waals surface area contributed by atoms with Crippen LogP contribution in [0, 0.1) is 12.7 Å². The van der Waals surface area contributed by atoms with E-state index < -0.39 is 0 Å². The first-order chi connectivity index (χ1) is 10.0. The average molecular weight is 290 g/mol. The van der Waals surface area contributed by atoms with Crippen LogP contribution in [0.5, 0.6) is 0 Å². The number of hydrogen-bond acceptors (Lipinski definition) is 6. The van der Waals surface area contributed by atoms with Crippen LogP contribution >= 0.6 is 0 Å². The standard InChI is InChI=1S/C14H19FN6/c1-4-21(5-2)14-19-12(16)18-13(20-14)17-10-6-7-11(15)9(3)8-10/h6-8H,4-5H2,1-3H3,(H3,16,17,18,19,20). The molecule has 0 aliphatic heterocycles. The third kappa shape index (κ3) is 3.56. The molecule has 3 N–H and O–H groups in total. The van der Waals surface area contributed by atoms with E-state index in [1.165, 1.54) is 6.07 Å². The molecule has 0 atom stereocenters. The summed E-state index contributed by atoms with van der Waals surface area (Å²) in [7, 11) is 0. The van der Waals surface area contributed by atoms with Crippen LogP contribution in [0.25, 0.3) is 0 Å². The van der Waals surface area contributed by atoms with Gasteiger partial charge in [0.25, 0.3) is 0 Å². The number of benzene rings is 1. The molecule has 0 amide bonds. The molecular formula is C14H19FN6. The Morgan fingerprint density at radius 2 is 1.90 bits per heavy atom. The van der Waals surface area contributed by atoms with Crippen molar-refractivity contribution in [2.45, 2.75) is 20.8 Å². The fraction of sp³-hybridized carbons (Fsp3) is 0.357. The summed E-state index contributed by atoms with van der Waals surface area (Å²) in [6.07, 6.45) is 0. The first kappa shape index (κ1) is 15.0. The molecule has 6 nitrogen and oxygen atoms in total. The Hall–Kier alpha value is -2.44. The largest absolute Gasteiger partial charge is 0.368 e. The molecule has 0 saturated heterocycles. The van der Waals surface area contributed by atoms with Crippen LogP contribution in [0.15, 0.2) is 18.2 Å². The number of nitrogen functional groups attached to an aromatic ring is 1. The fourth-order valence-electron chi connectivity index (χ4n) is 1.94. The maximum Gasteiger partial charge on any atom is 0.233 e. The lowest BCUT2D eigenvalue weighted by Crippen LogP contribution is -2.25. The van der Waals surface area contributed by atoms with E-state index in [1.54, 1.807) is 19.1 Å². The van der Waals surface area contributed by atoms with Crippen LogP contribution in [0.3, 0.4) is 0 Å². The summed E-state index contributed by atoms with van der Waals surface area (Å²) in [5.74, 6) is 0.761. The highest BCUT2D eigenvalue weighted by molar-refractivity contribution is 5.56. The molecule has 0 fully saturated rings. The maximum absolute atomic E-state index is 13.3. The minimum absolute atomic E-state index is 0.147. The molecule has 0 spiro atoms. The smallest absolute Gasteiger partial charge is 0.233 e.